The van der Waals surface area contributed by atoms with Crippen molar-refractivity contribution in [2.45, 2.75) is 68.6 Å². The van der Waals surface area contributed by atoms with Gasteiger partial charge in [-0.25, -0.2) is 0 Å². The molecule has 1 N–H and O–H groups in total. The summed E-state index contributed by atoms with van der Waals surface area (Å²) in [7, 11) is 1.08. The topological polar surface area (TPSA) is 29.1 Å². The number of hydrogen-bond acceptors (Lipinski definition) is 2. The second-order valence-electron chi connectivity index (χ2n) is 5.71. The zero-order chi connectivity index (χ0) is 14.5. The van der Waals surface area contributed by atoms with E-state index in [1.807, 2.05) is 7.05 Å². The lowest BCUT2D eigenvalue weighted by atomic mass is 10.1. The zero-order valence-electron chi connectivity index (χ0n) is 12.9. The minimum absolute atomic E-state index is 0.208. The monoisotopic (exact) mass is 293 g/mol. The molecule has 0 amide bonds. The molecule has 0 saturated heterocycles. The van der Waals surface area contributed by atoms with Gasteiger partial charge in [-0.1, -0.05) is 26.3 Å². The minimum atomic E-state index is -0.908. The first-order chi connectivity index (χ1) is 9.71. The number of fused-ring (bicyclic) bond motifs is 1. The molecule has 1 aliphatic rings. The van der Waals surface area contributed by atoms with Crippen molar-refractivity contribution in [3.05, 3.63) is 29.3 Å². The van der Waals surface area contributed by atoms with Gasteiger partial charge in [0.05, 0.1) is 16.0 Å². The Balaban J connectivity index is 2.19. The normalized spacial score (nSPS) is 18.6. The molecule has 0 heterocycles. The van der Waals surface area contributed by atoms with Crippen molar-refractivity contribution in [3.8, 4) is 0 Å². The Morgan fingerprint density at radius 2 is 2.00 bits per heavy atom. The Kier molecular flexibility index (Phi) is 5.79. The quantitative estimate of drug-likeness (QED) is 0.834. The molecule has 3 unspecified atom stereocenters. The molecule has 2 nitrogen and oxygen atoms in total. The lowest BCUT2D eigenvalue weighted by molar-refractivity contribution is 0.481. The van der Waals surface area contributed by atoms with E-state index >= 15 is 0 Å². The molecule has 0 saturated carbocycles. The number of nitrogens with one attached hydrogen (secondary N) is 1. The van der Waals surface area contributed by atoms with Gasteiger partial charge in [-0.2, -0.15) is 0 Å². The standard InChI is InChI=1S/C17H27NOS/c1-4-7-16(18-3)17(5-2)20(19)15-11-10-13-8-6-9-14(13)12-15/h10-12,16-18H,4-9H2,1-3H3. The fraction of sp³-hybridized carbons (Fsp3) is 0.647. The first kappa shape index (κ1) is 15.7. The summed E-state index contributed by atoms with van der Waals surface area (Å²) in [5.41, 5.74) is 2.87. The minimum Gasteiger partial charge on any atom is -0.316 e. The highest BCUT2D eigenvalue weighted by Gasteiger charge is 2.25. The fourth-order valence-corrected chi connectivity index (χ4v) is 4.94. The van der Waals surface area contributed by atoms with Crippen molar-refractivity contribution < 1.29 is 4.21 Å². The summed E-state index contributed by atoms with van der Waals surface area (Å²) in [6.45, 7) is 4.34. The number of benzene rings is 1. The lowest BCUT2D eigenvalue weighted by Crippen LogP contribution is -2.39. The van der Waals surface area contributed by atoms with Gasteiger partial charge in [0, 0.05) is 10.9 Å². The summed E-state index contributed by atoms with van der Waals surface area (Å²) in [5, 5.41) is 3.57. The fourth-order valence-electron chi connectivity index (χ4n) is 3.26. The molecule has 1 aromatic carbocycles. The largest absolute Gasteiger partial charge is 0.316 e. The first-order valence-electron chi connectivity index (χ1n) is 7.90. The zero-order valence-corrected chi connectivity index (χ0v) is 13.8. The highest BCUT2D eigenvalue weighted by atomic mass is 32.2. The van der Waals surface area contributed by atoms with Gasteiger partial charge in [-0.05, 0) is 62.4 Å². The highest BCUT2D eigenvalue weighted by Crippen LogP contribution is 2.26. The second-order valence-corrected chi connectivity index (χ2v) is 7.38. The van der Waals surface area contributed by atoms with Crippen LogP contribution in [0.3, 0.4) is 0 Å². The Bertz CT molecular complexity index is 472. The average molecular weight is 293 g/mol. The smallest absolute Gasteiger partial charge is 0.0576 e. The Hall–Kier alpha value is -0.670. The van der Waals surface area contributed by atoms with E-state index in [2.05, 4.69) is 37.4 Å². The molecule has 3 heteroatoms. The van der Waals surface area contributed by atoms with Crippen LogP contribution in [-0.2, 0) is 23.6 Å². The maximum Gasteiger partial charge on any atom is 0.0576 e. The molecule has 1 aromatic rings. The third-order valence-corrected chi connectivity index (χ3v) is 6.33. The summed E-state index contributed by atoms with van der Waals surface area (Å²) >= 11 is 0. The number of aryl methyl sites for hydroxylation is 2. The summed E-state index contributed by atoms with van der Waals surface area (Å²) in [4.78, 5) is 1.02. The molecule has 0 fully saturated rings. The van der Waals surface area contributed by atoms with Gasteiger partial charge >= 0.3 is 0 Å². The van der Waals surface area contributed by atoms with Gasteiger partial charge in [0.25, 0.3) is 0 Å². The van der Waals surface area contributed by atoms with Crippen molar-refractivity contribution in [1.29, 1.82) is 0 Å². The van der Waals surface area contributed by atoms with Crippen molar-refractivity contribution in [3.63, 3.8) is 0 Å². The molecule has 3 atom stereocenters. The Labute approximate surface area is 125 Å². The summed E-state index contributed by atoms with van der Waals surface area (Å²) in [5.74, 6) is 0. The van der Waals surface area contributed by atoms with Crippen molar-refractivity contribution in [2.75, 3.05) is 7.05 Å². The highest BCUT2D eigenvalue weighted by molar-refractivity contribution is 7.85. The average Bonchev–Trinajstić information content (AvgIpc) is 2.94. The van der Waals surface area contributed by atoms with Crippen LogP contribution in [0.1, 0.15) is 50.7 Å². The van der Waals surface area contributed by atoms with Crippen LogP contribution >= 0.6 is 0 Å². The Morgan fingerprint density at radius 1 is 1.25 bits per heavy atom. The second kappa shape index (κ2) is 7.37. The molecule has 112 valence electrons. The van der Waals surface area contributed by atoms with Crippen LogP contribution in [0, 0.1) is 0 Å². The van der Waals surface area contributed by atoms with Crippen molar-refractivity contribution >= 4 is 10.8 Å². The maximum absolute atomic E-state index is 12.9. The van der Waals surface area contributed by atoms with E-state index in [4.69, 9.17) is 0 Å². The van der Waals surface area contributed by atoms with Crippen LogP contribution in [0.4, 0.5) is 0 Å². The third-order valence-electron chi connectivity index (χ3n) is 4.40. The van der Waals surface area contributed by atoms with Crippen LogP contribution in [-0.4, -0.2) is 22.5 Å². The molecule has 20 heavy (non-hydrogen) atoms. The van der Waals surface area contributed by atoms with E-state index < -0.39 is 10.8 Å². The molecule has 2 rings (SSSR count). The van der Waals surface area contributed by atoms with Crippen LogP contribution in [0.15, 0.2) is 23.1 Å². The lowest BCUT2D eigenvalue weighted by Gasteiger charge is -2.25. The molecular weight excluding hydrogens is 266 g/mol. The van der Waals surface area contributed by atoms with E-state index in [1.54, 1.807) is 0 Å². The predicted molar refractivity (Wildman–Crippen MR) is 86.7 cm³/mol. The number of hydrogen-bond donors (Lipinski definition) is 1. The summed E-state index contributed by atoms with van der Waals surface area (Å²) in [6.07, 6.45) is 6.76. The maximum atomic E-state index is 12.9. The van der Waals surface area contributed by atoms with Gasteiger partial charge in [0.15, 0.2) is 0 Å². The van der Waals surface area contributed by atoms with Crippen LogP contribution < -0.4 is 5.32 Å². The van der Waals surface area contributed by atoms with Gasteiger partial charge in [-0.3, -0.25) is 4.21 Å². The van der Waals surface area contributed by atoms with E-state index in [1.165, 1.54) is 24.0 Å². The molecule has 0 radical (unpaired) electrons. The van der Waals surface area contributed by atoms with Crippen LogP contribution in [0.2, 0.25) is 0 Å². The SMILES string of the molecule is CCCC(NC)C(CC)S(=O)c1ccc2c(c1)CCC2. The van der Waals surface area contributed by atoms with Gasteiger partial charge in [0.1, 0.15) is 0 Å². The van der Waals surface area contributed by atoms with Crippen molar-refractivity contribution in [1.82, 2.24) is 5.32 Å². The van der Waals surface area contributed by atoms with E-state index in [0.29, 0.717) is 6.04 Å². The molecule has 0 bridgehead atoms. The summed E-state index contributed by atoms with van der Waals surface area (Å²) < 4.78 is 12.9. The van der Waals surface area contributed by atoms with Gasteiger partial charge < -0.3 is 5.32 Å². The predicted octanol–water partition coefficient (Wildman–Crippen LogP) is 3.45. The molecule has 0 aromatic heterocycles. The van der Waals surface area contributed by atoms with Crippen LogP contribution in [0.25, 0.3) is 0 Å². The molecule has 0 aliphatic heterocycles. The van der Waals surface area contributed by atoms with Gasteiger partial charge in [-0.15, -0.1) is 0 Å². The molecule has 0 spiro atoms. The number of rotatable bonds is 7. The van der Waals surface area contributed by atoms with Crippen LogP contribution in [0.5, 0.6) is 0 Å². The van der Waals surface area contributed by atoms with E-state index in [0.717, 1.165) is 30.6 Å². The van der Waals surface area contributed by atoms with E-state index in [-0.39, 0.29) is 5.25 Å². The first-order valence-corrected chi connectivity index (χ1v) is 9.12. The van der Waals surface area contributed by atoms with Crippen molar-refractivity contribution in [2.24, 2.45) is 0 Å². The third kappa shape index (κ3) is 3.32. The van der Waals surface area contributed by atoms with E-state index in [9.17, 15) is 4.21 Å². The van der Waals surface area contributed by atoms with Gasteiger partial charge in [0.2, 0.25) is 0 Å². The molecule has 1 aliphatic carbocycles. The Morgan fingerprint density at radius 3 is 2.65 bits per heavy atom. The molecular formula is C17H27NOS. The summed E-state index contributed by atoms with van der Waals surface area (Å²) in [6, 6.07) is 6.82.